The van der Waals surface area contributed by atoms with Crippen LogP contribution in [-0.2, 0) is 13.1 Å². The Kier molecular flexibility index (Phi) is 3.44. The molecule has 0 amide bonds. The molecule has 0 spiro atoms. The third-order valence-electron chi connectivity index (χ3n) is 2.75. The average Bonchev–Trinajstić information content (AvgIpc) is 2.79. The van der Waals surface area contributed by atoms with Gasteiger partial charge in [0.25, 0.3) is 0 Å². The van der Waals surface area contributed by atoms with Crippen molar-refractivity contribution in [1.82, 2.24) is 15.3 Å². The van der Waals surface area contributed by atoms with Gasteiger partial charge in [0.15, 0.2) is 0 Å². The van der Waals surface area contributed by atoms with E-state index in [1.54, 1.807) is 12.5 Å². The molecule has 0 aliphatic rings. The van der Waals surface area contributed by atoms with Crippen molar-refractivity contribution in [2.24, 2.45) is 0 Å². The number of imidazole rings is 1. The van der Waals surface area contributed by atoms with Crippen LogP contribution in [0.25, 0.3) is 0 Å². The summed E-state index contributed by atoms with van der Waals surface area (Å²) in [7, 11) is 0. The lowest BCUT2D eigenvalue weighted by atomic mass is 10.1. The van der Waals surface area contributed by atoms with Crippen LogP contribution in [0, 0.1) is 13.8 Å². The number of phenols is 1. The molecule has 0 radical (unpaired) electrons. The Labute approximate surface area is 101 Å². The van der Waals surface area contributed by atoms with Crippen LogP contribution in [0.15, 0.2) is 24.7 Å². The molecule has 2 aromatic rings. The Hall–Kier alpha value is -1.81. The molecular formula is C13H17N3O. The standard InChI is InChI=1S/C13H17N3O/c1-9-3-11(4-10(2)13(9)17)5-14-6-12-7-15-8-16-12/h3-4,7-8,14,17H,5-6H2,1-2H3,(H,15,16). The molecule has 0 fully saturated rings. The first kappa shape index (κ1) is 11.7. The third kappa shape index (κ3) is 2.85. The topological polar surface area (TPSA) is 60.9 Å². The predicted molar refractivity (Wildman–Crippen MR) is 66.7 cm³/mol. The Morgan fingerprint density at radius 1 is 1.24 bits per heavy atom. The zero-order valence-electron chi connectivity index (χ0n) is 10.1. The van der Waals surface area contributed by atoms with Crippen molar-refractivity contribution in [3.8, 4) is 5.75 Å². The molecule has 2 rings (SSSR count). The summed E-state index contributed by atoms with van der Waals surface area (Å²) in [6.07, 6.45) is 3.48. The highest BCUT2D eigenvalue weighted by molar-refractivity contribution is 5.42. The quantitative estimate of drug-likeness (QED) is 0.754. The van der Waals surface area contributed by atoms with E-state index in [2.05, 4.69) is 15.3 Å². The Morgan fingerprint density at radius 2 is 1.94 bits per heavy atom. The normalized spacial score (nSPS) is 10.7. The maximum Gasteiger partial charge on any atom is 0.121 e. The summed E-state index contributed by atoms with van der Waals surface area (Å²) in [5.41, 5.74) is 4.08. The van der Waals surface area contributed by atoms with E-state index < -0.39 is 0 Å². The van der Waals surface area contributed by atoms with Gasteiger partial charge in [-0.2, -0.15) is 0 Å². The molecule has 4 heteroatoms. The number of H-pyrrole nitrogens is 1. The number of aryl methyl sites for hydroxylation is 2. The number of hydrogen-bond acceptors (Lipinski definition) is 3. The van der Waals surface area contributed by atoms with Crippen LogP contribution in [0.4, 0.5) is 0 Å². The number of hydrogen-bond donors (Lipinski definition) is 3. The molecule has 1 aromatic carbocycles. The summed E-state index contributed by atoms with van der Waals surface area (Å²) in [5, 5.41) is 13.0. The van der Waals surface area contributed by atoms with Crippen LogP contribution in [-0.4, -0.2) is 15.1 Å². The molecule has 17 heavy (non-hydrogen) atoms. The van der Waals surface area contributed by atoms with Crippen molar-refractivity contribution in [3.05, 3.63) is 47.0 Å². The lowest BCUT2D eigenvalue weighted by molar-refractivity contribution is 0.466. The van der Waals surface area contributed by atoms with Crippen molar-refractivity contribution in [2.75, 3.05) is 0 Å². The van der Waals surface area contributed by atoms with Gasteiger partial charge in [-0.25, -0.2) is 4.98 Å². The minimum atomic E-state index is 0.391. The van der Waals surface area contributed by atoms with E-state index in [-0.39, 0.29) is 0 Å². The molecule has 0 saturated carbocycles. The van der Waals surface area contributed by atoms with Gasteiger partial charge in [-0.1, -0.05) is 12.1 Å². The van der Waals surface area contributed by atoms with Gasteiger partial charge in [-0.15, -0.1) is 0 Å². The second kappa shape index (κ2) is 5.01. The van der Waals surface area contributed by atoms with Crippen LogP contribution < -0.4 is 5.32 Å². The highest BCUT2D eigenvalue weighted by atomic mass is 16.3. The van der Waals surface area contributed by atoms with Gasteiger partial charge in [0, 0.05) is 25.0 Å². The van der Waals surface area contributed by atoms with E-state index in [0.717, 1.165) is 29.9 Å². The fraction of sp³-hybridized carbons (Fsp3) is 0.308. The number of nitrogens with one attached hydrogen (secondary N) is 2. The largest absolute Gasteiger partial charge is 0.507 e. The molecule has 1 heterocycles. The molecule has 90 valence electrons. The summed E-state index contributed by atoms with van der Waals surface area (Å²) in [6, 6.07) is 4.00. The SMILES string of the molecule is Cc1cc(CNCc2cnc[nH]2)cc(C)c1O. The van der Waals surface area contributed by atoms with Crippen molar-refractivity contribution in [3.63, 3.8) is 0 Å². The van der Waals surface area contributed by atoms with Crippen LogP contribution in [0.1, 0.15) is 22.4 Å². The van der Waals surface area contributed by atoms with Crippen LogP contribution in [0.5, 0.6) is 5.75 Å². The molecule has 1 aromatic heterocycles. The Morgan fingerprint density at radius 3 is 2.53 bits per heavy atom. The van der Waals surface area contributed by atoms with Crippen molar-refractivity contribution in [1.29, 1.82) is 0 Å². The Bertz CT molecular complexity index is 468. The molecule has 4 nitrogen and oxygen atoms in total. The molecule has 0 bridgehead atoms. The second-order valence-corrected chi connectivity index (χ2v) is 4.26. The van der Waals surface area contributed by atoms with E-state index >= 15 is 0 Å². The van der Waals surface area contributed by atoms with Crippen molar-refractivity contribution in [2.45, 2.75) is 26.9 Å². The zero-order valence-corrected chi connectivity index (χ0v) is 10.1. The minimum absolute atomic E-state index is 0.391. The molecule has 0 saturated heterocycles. The molecule has 3 N–H and O–H groups in total. The first-order valence-corrected chi connectivity index (χ1v) is 5.64. The lowest BCUT2D eigenvalue weighted by Gasteiger charge is -2.08. The second-order valence-electron chi connectivity index (χ2n) is 4.26. The average molecular weight is 231 g/mol. The first-order chi connectivity index (χ1) is 8.16. The number of aromatic amines is 1. The maximum absolute atomic E-state index is 9.67. The number of aromatic hydroxyl groups is 1. The van der Waals surface area contributed by atoms with Crippen LogP contribution in [0.2, 0.25) is 0 Å². The summed E-state index contributed by atoms with van der Waals surface area (Å²) in [6.45, 7) is 5.38. The van der Waals surface area contributed by atoms with Gasteiger partial charge >= 0.3 is 0 Å². The van der Waals surface area contributed by atoms with Crippen LogP contribution >= 0.6 is 0 Å². The number of aromatic nitrogens is 2. The fourth-order valence-electron chi connectivity index (χ4n) is 1.87. The van der Waals surface area contributed by atoms with Crippen LogP contribution in [0.3, 0.4) is 0 Å². The van der Waals surface area contributed by atoms with E-state index in [4.69, 9.17) is 0 Å². The summed E-state index contributed by atoms with van der Waals surface area (Å²) < 4.78 is 0. The van der Waals surface area contributed by atoms with Gasteiger partial charge in [-0.05, 0) is 30.5 Å². The van der Waals surface area contributed by atoms with E-state index in [1.165, 1.54) is 5.56 Å². The predicted octanol–water partition coefficient (Wildman–Crippen LogP) is 2.02. The summed E-state index contributed by atoms with van der Waals surface area (Å²) >= 11 is 0. The van der Waals surface area contributed by atoms with Crippen molar-refractivity contribution >= 4 is 0 Å². The highest BCUT2D eigenvalue weighted by Crippen LogP contribution is 2.22. The number of phenolic OH excluding ortho intramolecular Hbond substituents is 1. The molecular weight excluding hydrogens is 214 g/mol. The molecule has 0 aliphatic heterocycles. The monoisotopic (exact) mass is 231 g/mol. The smallest absolute Gasteiger partial charge is 0.121 e. The summed E-state index contributed by atoms with van der Waals surface area (Å²) in [4.78, 5) is 7.00. The minimum Gasteiger partial charge on any atom is -0.507 e. The Balaban J connectivity index is 1.95. The van der Waals surface area contributed by atoms with E-state index in [0.29, 0.717) is 5.75 Å². The van der Waals surface area contributed by atoms with E-state index in [9.17, 15) is 5.11 Å². The fourth-order valence-corrected chi connectivity index (χ4v) is 1.87. The summed E-state index contributed by atoms with van der Waals surface area (Å²) in [5.74, 6) is 0.391. The molecule has 0 unspecified atom stereocenters. The molecule has 0 aliphatic carbocycles. The number of rotatable bonds is 4. The van der Waals surface area contributed by atoms with Gasteiger partial charge in [0.1, 0.15) is 5.75 Å². The highest BCUT2D eigenvalue weighted by Gasteiger charge is 2.03. The van der Waals surface area contributed by atoms with Gasteiger partial charge in [0.05, 0.1) is 6.33 Å². The maximum atomic E-state index is 9.67. The third-order valence-corrected chi connectivity index (χ3v) is 2.75. The lowest BCUT2D eigenvalue weighted by Crippen LogP contribution is -2.13. The molecule has 0 atom stereocenters. The van der Waals surface area contributed by atoms with Gasteiger partial charge < -0.3 is 15.4 Å². The number of benzene rings is 1. The van der Waals surface area contributed by atoms with Crippen molar-refractivity contribution < 1.29 is 5.11 Å². The van der Waals surface area contributed by atoms with Gasteiger partial charge in [-0.3, -0.25) is 0 Å². The van der Waals surface area contributed by atoms with Gasteiger partial charge in [0.2, 0.25) is 0 Å². The number of nitrogens with zero attached hydrogens (tertiary/aromatic N) is 1. The zero-order chi connectivity index (χ0) is 12.3. The van der Waals surface area contributed by atoms with E-state index in [1.807, 2.05) is 26.0 Å². The first-order valence-electron chi connectivity index (χ1n) is 5.64.